The Morgan fingerprint density at radius 3 is 2.67 bits per heavy atom. The summed E-state index contributed by atoms with van der Waals surface area (Å²) in [5.74, 6) is 0. The van der Waals surface area contributed by atoms with E-state index in [1.54, 1.807) is 4.90 Å². The third kappa shape index (κ3) is 2.72. The molecule has 0 radical (unpaired) electrons. The molecule has 0 aromatic heterocycles. The highest BCUT2D eigenvalue weighted by atomic mass is 16.6. The summed E-state index contributed by atoms with van der Waals surface area (Å²) in [5, 5.41) is 9.11. The molecule has 86 valence electrons. The van der Waals surface area contributed by atoms with Crippen molar-refractivity contribution >= 4 is 6.09 Å². The molecule has 1 heterocycles. The van der Waals surface area contributed by atoms with Gasteiger partial charge in [-0.2, -0.15) is 0 Å². The molecule has 1 rings (SSSR count). The van der Waals surface area contributed by atoms with Crippen molar-refractivity contribution in [3.8, 4) is 0 Å². The number of rotatable bonds is 1. The van der Waals surface area contributed by atoms with Crippen molar-refractivity contribution in [3.63, 3.8) is 0 Å². The van der Waals surface area contributed by atoms with Gasteiger partial charge in [0.1, 0.15) is 5.60 Å². The summed E-state index contributed by atoms with van der Waals surface area (Å²) < 4.78 is 5.22. The van der Waals surface area contributed by atoms with E-state index in [-0.39, 0.29) is 18.7 Å². The van der Waals surface area contributed by atoms with E-state index in [1.165, 1.54) is 0 Å². The Morgan fingerprint density at radius 2 is 2.27 bits per heavy atom. The largest absolute Gasteiger partial charge is 0.444 e. The molecule has 15 heavy (non-hydrogen) atoms. The van der Waals surface area contributed by atoms with E-state index >= 15 is 0 Å². The number of aliphatic hydroxyl groups is 1. The molecular weight excluding hydrogens is 194 g/mol. The Balaban J connectivity index is 2.57. The molecule has 1 fully saturated rings. The molecule has 0 saturated carbocycles. The van der Waals surface area contributed by atoms with Gasteiger partial charge in [-0.15, -0.1) is 0 Å². The van der Waals surface area contributed by atoms with Gasteiger partial charge >= 0.3 is 6.09 Å². The fourth-order valence-electron chi connectivity index (χ4n) is 1.51. The molecule has 0 aliphatic carbocycles. The van der Waals surface area contributed by atoms with Gasteiger partial charge in [0, 0.05) is 6.54 Å². The summed E-state index contributed by atoms with van der Waals surface area (Å²) in [5.41, 5.74) is 0.603. The smallest absolute Gasteiger partial charge is 0.411 e. The van der Waals surface area contributed by atoms with Crippen LogP contribution in [-0.2, 0) is 4.74 Å². The van der Waals surface area contributed by atoms with E-state index in [0.29, 0.717) is 6.54 Å². The molecule has 1 unspecified atom stereocenters. The van der Waals surface area contributed by atoms with Crippen molar-refractivity contribution in [3.05, 3.63) is 11.6 Å². The van der Waals surface area contributed by atoms with E-state index in [4.69, 9.17) is 9.84 Å². The Kier molecular flexibility index (Phi) is 3.39. The van der Waals surface area contributed by atoms with Crippen LogP contribution >= 0.6 is 0 Å². The van der Waals surface area contributed by atoms with Crippen molar-refractivity contribution in [2.45, 2.75) is 39.3 Å². The van der Waals surface area contributed by atoms with E-state index in [9.17, 15) is 4.79 Å². The van der Waals surface area contributed by atoms with Gasteiger partial charge in [-0.1, -0.05) is 6.08 Å². The van der Waals surface area contributed by atoms with Crippen LogP contribution in [0.4, 0.5) is 4.79 Å². The molecule has 1 aliphatic heterocycles. The number of hydrogen-bond donors (Lipinski definition) is 1. The molecule has 0 aromatic carbocycles. The van der Waals surface area contributed by atoms with Gasteiger partial charge in [0.25, 0.3) is 0 Å². The number of allylic oxidation sites excluding steroid dienone is 1. The molecular formula is C11H19NO3. The third-order valence-corrected chi connectivity index (χ3v) is 2.33. The monoisotopic (exact) mass is 213 g/mol. The van der Waals surface area contributed by atoms with E-state index in [2.05, 4.69) is 0 Å². The lowest BCUT2D eigenvalue weighted by Crippen LogP contribution is -2.56. The summed E-state index contributed by atoms with van der Waals surface area (Å²) in [6, 6.07) is -0.190. The molecule has 1 atom stereocenters. The number of aliphatic hydroxyl groups excluding tert-OH is 1. The predicted molar refractivity (Wildman–Crippen MR) is 57.6 cm³/mol. The van der Waals surface area contributed by atoms with Gasteiger partial charge in [0.2, 0.25) is 0 Å². The fourth-order valence-corrected chi connectivity index (χ4v) is 1.51. The number of hydrogen-bond acceptors (Lipinski definition) is 3. The summed E-state index contributed by atoms with van der Waals surface area (Å²) in [7, 11) is 0. The number of carbonyl (C=O) groups excluding carboxylic acids is 1. The summed E-state index contributed by atoms with van der Waals surface area (Å²) in [4.78, 5) is 13.2. The Bertz CT molecular complexity index is 278. The number of nitrogens with zero attached hydrogens (tertiary/aromatic N) is 1. The highest BCUT2D eigenvalue weighted by molar-refractivity contribution is 5.71. The van der Waals surface area contributed by atoms with Gasteiger partial charge in [0.15, 0.2) is 0 Å². The highest BCUT2D eigenvalue weighted by Gasteiger charge is 2.38. The molecule has 1 N–H and O–H groups in total. The first-order valence-electron chi connectivity index (χ1n) is 5.14. The normalized spacial score (nSPS) is 23.9. The topological polar surface area (TPSA) is 49.8 Å². The van der Waals surface area contributed by atoms with Gasteiger partial charge in [-0.3, -0.25) is 4.90 Å². The van der Waals surface area contributed by atoms with Crippen molar-refractivity contribution in [1.82, 2.24) is 4.90 Å². The number of carbonyl (C=O) groups is 1. The Labute approximate surface area is 90.5 Å². The van der Waals surface area contributed by atoms with Crippen LogP contribution in [0.1, 0.15) is 27.7 Å². The molecule has 0 bridgehead atoms. The average molecular weight is 213 g/mol. The third-order valence-electron chi connectivity index (χ3n) is 2.33. The van der Waals surface area contributed by atoms with Crippen molar-refractivity contribution in [1.29, 1.82) is 0 Å². The van der Waals surface area contributed by atoms with Crippen LogP contribution in [0.3, 0.4) is 0 Å². The molecule has 1 amide bonds. The predicted octanol–water partition coefficient (Wildman–Crippen LogP) is 1.54. The van der Waals surface area contributed by atoms with Crippen LogP contribution in [0.5, 0.6) is 0 Å². The van der Waals surface area contributed by atoms with E-state index in [0.717, 1.165) is 5.57 Å². The molecule has 1 saturated heterocycles. The maximum atomic E-state index is 11.6. The Hall–Kier alpha value is -1.03. The average Bonchev–Trinajstić information content (AvgIpc) is 2.00. The van der Waals surface area contributed by atoms with Gasteiger partial charge < -0.3 is 9.84 Å². The van der Waals surface area contributed by atoms with Crippen LogP contribution < -0.4 is 0 Å². The highest BCUT2D eigenvalue weighted by Crippen LogP contribution is 2.25. The molecule has 4 nitrogen and oxygen atoms in total. The zero-order valence-electron chi connectivity index (χ0n) is 9.78. The van der Waals surface area contributed by atoms with E-state index in [1.807, 2.05) is 33.8 Å². The van der Waals surface area contributed by atoms with E-state index < -0.39 is 5.60 Å². The van der Waals surface area contributed by atoms with Crippen LogP contribution in [0.15, 0.2) is 11.6 Å². The Morgan fingerprint density at radius 1 is 1.67 bits per heavy atom. The second kappa shape index (κ2) is 4.23. The van der Waals surface area contributed by atoms with Crippen molar-refractivity contribution in [2.75, 3.05) is 13.2 Å². The summed E-state index contributed by atoms with van der Waals surface area (Å²) in [6.07, 6.45) is 1.58. The lowest BCUT2D eigenvalue weighted by Gasteiger charge is -2.42. The number of ether oxygens (including phenoxy) is 1. The number of likely N-dealkylation sites (tertiary alicyclic amines) is 1. The summed E-state index contributed by atoms with van der Waals surface area (Å²) >= 11 is 0. The van der Waals surface area contributed by atoms with Crippen LogP contribution in [0.25, 0.3) is 0 Å². The maximum absolute atomic E-state index is 11.6. The second-order valence-electron chi connectivity index (χ2n) is 4.67. The first-order valence-corrected chi connectivity index (χ1v) is 5.14. The van der Waals surface area contributed by atoms with Gasteiger partial charge in [-0.05, 0) is 33.3 Å². The lowest BCUT2D eigenvalue weighted by atomic mass is 9.97. The second-order valence-corrected chi connectivity index (χ2v) is 4.67. The minimum atomic E-state index is -0.483. The first kappa shape index (κ1) is 12.0. The quantitative estimate of drug-likeness (QED) is 0.672. The molecule has 4 heteroatoms. The fraction of sp³-hybridized carbons (Fsp3) is 0.727. The molecule has 1 aliphatic rings. The van der Waals surface area contributed by atoms with Crippen LogP contribution in [-0.4, -0.2) is 40.9 Å². The van der Waals surface area contributed by atoms with Gasteiger partial charge in [0.05, 0.1) is 12.6 Å². The minimum absolute atomic E-state index is 0.0427. The maximum Gasteiger partial charge on any atom is 0.411 e. The molecule has 0 aromatic rings. The van der Waals surface area contributed by atoms with Crippen molar-refractivity contribution < 1.29 is 14.6 Å². The van der Waals surface area contributed by atoms with Crippen LogP contribution in [0, 0.1) is 0 Å². The standard InChI is InChI=1S/C11H19NO3/c1-5-8-6-12(9(8)7-13)10(14)15-11(2,3)4/h5,9,13H,6-7H2,1-4H3/b8-5-. The van der Waals surface area contributed by atoms with Crippen LogP contribution in [0.2, 0.25) is 0 Å². The zero-order chi connectivity index (χ0) is 11.6. The SMILES string of the molecule is C/C=C1/CN(C(=O)OC(C)(C)C)C1CO. The lowest BCUT2D eigenvalue weighted by molar-refractivity contribution is 0.00175. The minimum Gasteiger partial charge on any atom is -0.444 e. The zero-order valence-corrected chi connectivity index (χ0v) is 9.78. The van der Waals surface area contributed by atoms with Gasteiger partial charge in [-0.25, -0.2) is 4.79 Å². The first-order chi connectivity index (χ1) is 6.89. The summed E-state index contributed by atoms with van der Waals surface area (Å²) in [6.45, 7) is 7.92. The number of amides is 1. The molecule has 0 spiro atoms. The van der Waals surface area contributed by atoms with Crippen molar-refractivity contribution in [2.24, 2.45) is 0 Å².